The van der Waals surface area contributed by atoms with Gasteiger partial charge >= 0.3 is 0 Å². The van der Waals surface area contributed by atoms with Crippen molar-refractivity contribution in [1.82, 2.24) is 15.1 Å². The largest absolute Gasteiger partial charge is 0.347 e. The summed E-state index contributed by atoms with van der Waals surface area (Å²) in [6.07, 6.45) is 4.66. The number of aryl methyl sites for hydroxylation is 1. The molecule has 2 aliphatic rings. The number of nitrogens with one attached hydrogen (secondary N) is 1. The second-order valence-corrected chi connectivity index (χ2v) is 7.50. The van der Waals surface area contributed by atoms with Gasteiger partial charge in [-0.2, -0.15) is 5.10 Å². The molecule has 2 aromatic rings. The predicted molar refractivity (Wildman–Crippen MR) is 96.3 cm³/mol. The smallest absolute Gasteiger partial charge is 0.276 e. The van der Waals surface area contributed by atoms with E-state index in [2.05, 4.69) is 10.4 Å². The zero-order chi connectivity index (χ0) is 17.6. The van der Waals surface area contributed by atoms with Gasteiger partial charge in [-0.15, -0.1) is 0 Å². The van der Waals surface area contributed by atoms with Crippen LogP contribution < -0.4 is 10.7 Å². The van der Waals surface area contributed by atoms with Crippen LogP contribution in [0, 0.1) is 18.8 Å². The summed E-state index contributed by atoms with van der Waals surface area (Å²) in [4.78, 5) is 25.0. The maximum absolute atomic E-state index is 12.7. The number of rotatable bonds is 5. The third-order valence-corrected chi connectivity index (χ3v) is 5.20. The quantitative estimate of drug-likeness (QED) is 0.894. The van der Waals surface area contributed by atoms with Crippen molar-refractivity contribution in [1.29, 1.82) is 0 Å². The first-order valence-corrected chi connectivity index (χ1v) is 9.08. The van der Waals surface area contributed by atoms with E-state index in [9.17, 15) is 9.59 Å². The molecule has 0 bridgehead atoms. The van der Waals surface area contributed by atoms with Crippen LogP contribution in [0.15, 0.2) is 35.1 Å². The molecule has 0 aliphatic heterocycles. The van der Waals surface area contributed by atoms with Crippen LogP contribution in [0.5, 0.6) is 0 Å². The lowest BCUT2D eigenvalue weighted by atomic mass is 10.1. The minimum absolute atomic E-state index is 0.0492. The van der Waals surface area contributed by atoms with Crippen molar-refractivity contribution in [3.63, 3.8) is 0 Å². The fourth-order valence-corrected chi connectivity index (χ4v) is 3.43. The van der Waals surface area contributed by atoms with Gasteiger partial charge in [0, 0.05) is 22.8 Å². The SMILES string of the molecule is Cc1cc(=O)c(C(=O)NC(C2CC2)C2CC2)nn1-c1ccc(Cl)cc1. The summed E-state index contributed by atoms with van der Waals surface area (Å²) in [6, 6.07) is 8.79. The van der Waals surface area contributed by atoms with Gasteiger partial charge in [0.25, 0.3) is 5.91 Å². The molecular weight excluding hydrogens is 338 g/mol. The van der Waals surface area contributed by atoms with Crippen molar-refractivity contribution in [3.05, 3.63) is 57.0 Å². The average molecular weight is 358 g/mol. The molecule has 0 spiro atoms. The van der Waals surface area contributed by atoms with E-state index in [1.807, 2.05) is 12.1 Å². The van der Waals surface area contributed by atoms with Gasteiger partial charge in [0.05, 0.1) is 5.69 Å². The first kappa shape index (κ1) is 16.3. The highest BCUT2D eigenvalue weighted by molar-refractivity contribution is 6.30. The summed E-state index contributed by atoms with van der Waals surface area (Å²) in [6.45, 7) is 1.79. The molecular formula is C19H20ClN3O2. The first-order chi connectivity index (χ1) is 12.0. The van der Waals surface area contributed by atoms with Crippen molar-refractivity contribution in [2.24, 2.45) is 11.8 Å². The van der Waals surface area contributed by atoms with E-state index in [0.29, 0.717) is 22.6 Å². The van der Waals surface area contributed by atoms with Gasteiger partial charge in [-0.3, -0.25) is 9.59 Å². The summed E-state index contributed by atoms with van der Waals surface area (Å²) in [5.74, 6) is 0.775. The Morgan fingerprint density at radius 2 is 1.80 bits per heavy atom. The van der Waals surface area contributed by atoms with Crippen LogP contribution in [-0.4, -0.2) is 21.7 Å². The minimum Gasteiger partial charge on any atom is -0.347 e. The molecule has 130 valence electrons. The lowest BCUT2D eigenvalue weighted by molar-refractivity contribution is 0.0918. The first-order valence-electron chi connectivity index (χ1n) is 8.71. The van der Waals surface area contributed by atoms with Gasteiger partial charge in [-0.1, -0.05) is 11.6 Å². The molecule has 25 heavy (non-hydrogen) atoms. The van der Waals surface area contributed by atoms with E-state index >= 15 is 0 Å². The fourth-order valence-electron chi connectivity index (χ4n) is 3.30. The molecule has 1 aromatic carbocycles. The molecule has 0 unspecified atom stereocenters. The second-order valence-electron chi connectivity index (χ2n) is 7.06. The Morgan fingerprint density at radius 1 is 1.20 bits per heavy atom. The molecule has 2 fully saturated rings. The Morgan fingerprint density at radius 3 is 2.36 bits per heavy atom. The van der Waals surface area contributed by atoms with E-state index in [1.54, 1.807) is 23.7 Å². The van der Waals surface area contributed by atoms with Gasteiger partial charge in [-0.05, 0) is 68.7 Å². The molecule has 0 atom stereocenters. The summed E-state index contributed by atoms with van der Waals surface area (Å²) in [5, 5.41) is 8.02. The molecule has 5 nitrogen and oxygen atoms in total. The topological polar surface area (TPSA) is 64.0 Å². The highest BCUT2D eigenvalue weighted by atomic mass is 35.5. The Kier molecular flexibility index (Phi) is 4.12. The van der Waals surface area contributed by atoms with Gasteiger partial charge in [-0.25, -0.2) is 4.68 Å². The van der Waals surface area contributed by atoms with Gasteiger partial charge < -0.3 is 5.32 Å². The Bertz CT molecular complexity index is 855. The van der Waals surface area contributed by atoms with Crippen LogP contribution in [0.4, 0.5) is 0 Å². The van der Waals surface area contributed by atoms with Gasteiger partial charge in [0.15, 0.2) is 5.69 Å². The third-order valence-electron chi connectivity index (χ3n) is 4.95. The van der Waals surface area contributed by atoms with Gasteiger partial charge in [0.2, 0.25) is 5.43 Å². The number of halogens is 1. The van der Waals surface area contributed by atoms with Crippen LogP contribution in [0.2, 0.25) is 5.02 Å². The Hall–Kier alpha value is -2.14. The number of hydrogen-bond donors (Lipinski definition) is 1. The van der Waals surface area contributed by atoms with Crippen LogP contribution in [0.3, 0.4) is 0 Å². The monoisotopic (exact) mass is 357 g/mol. The number of nitrogens with zero attached hydrogens (tertiary/aromatic N) is 2. The number of benzene rings is 1. The average Bonchev–Trinajstić information content (AvgIpc) is 3.47. The van der Waals surface area contributed by atoms with Crippen molar-refractivity contribution in [2.45, 2.75) is 38.6 Å². The second kappa shape index (κ2) is 6.30. The highest BCUT2D eigenvalue weighted by Gasteiger charge is 2.42. The molecule has 1 amide bonds. The van der Waals surface area contributed by atoms with E-state index in [-0.39, 0.29) is 23.1 Å². The molecule has 0 saturated heterocycles. The standard InChI is InChI=1S/C19H20ClN3O2/c1-11-10-16(24)18(22-23(11)15-8-6-14(20)7-9-15)19(25)21-17(12-2-3-12)13-4-5-13/h6-10,12-13,17H,2-5H2,1H3,(H,21,25). The van der Waals surface area contributed by atoms with Crippen molar-refractivity contribution in [3.8, 4) is 5.69 Å². The molecule has 1 aromatic heterocycles. The molecule has 4 rings (SSSR count). The zero-order valence-electron chi connectivity index (χ0n) is 14.0. The highest BCUT2D eigenvalue weighted by Crippen LogP contribution is 2.44. The maximum Gasteiger partial charge on any atom is 0.276 e. The predicted octanol–water partition coefficient (Wildman–Crippen LogP) is 3.11. The van der Waals surface area contributed by atoms with Crippen molar-refractivity contribution < 1.29 is 4.79 Å². The van der Waals surface area contributed by atoms with E-state index in [0.717, 1.165) is 31.4 Å². The molecule has 0 radical (unpaired) electrons. The molecule has 1 N–H and O–H groups in total. The summed E-state index contributed by atoms with van der Waals surface area (Å²) < 4.78 is 1.61. The number of amides is 1. The summed E-state index contributed by atoms with van der Waals surface area (Å²) in [7, 11) is 0. The van der Waals surface area contributed by atoms with Gasteiger partial charge in [0.1, 0.15) is 0 Å². The van der Waals surface area contributed by atoms with Crippen molar-refractivity contribution >= 4 is 17.5 Å². The number of carbonyl (C=O) groups excluding carboxylic acids is 1. The summed E-state index contributed by atoms with van der Waals surface area (Å²) in [5.41, 5.74) is 1.04. The third kappa shape index (κ3) is 3.47. The summed E-state index contributed by atoms with van der Waals surface area (Å²) >= 11 is 5.93. The van der Waals surface area contributed by atoms with Crippen LogP contribution >= 0.6 is 11.6 Å². The fraction of sp³-hybridized carbons (Fsp3) is 0.421. The van der Waals surface area contributed by atoms with Crippen LogP contribution in [0.1, 0.15) is 41.9 Å². The van der Waals surface area contributed by atoms with E-state index in [1.165, 1.54) is 6.07 Å². The van der Waals surface area contributed by atoms with Crippen molar-refractivity contribution in [2.75, 3.05) is 0 Å². The van der Waals surface area contributed by atoms with Crippen LogP contribution in [-0.2, 0) is 0 Å². The normalized spacial score (nSPS) is 16.9. The Labute approximate surface area is 151 Å². The molecule has 2 saturated carbocycles. The molecule has 2 aliphatic carbocycles. The van der Waals surface area contributed by atoms with Crippen LogP contribution in [0.25, 0.3) is 5.69 Å². The minimum atomic E-state index is -0.364. The molecule has 1 heterocycles. The molecule has 6 heteroatoms. The Balaban J connectivity index is 1.64. The van der Waals surface area contributed by atoms with E-state index in [4.69, 9.17) is 11.6 Å². The zero-order valence-corrected chi connectivity index (χ0v) is 14.8. The number of aromatic nitrogens is 2. The van der Waals surface area contributed by atoms with E-state index < -0.39 is 0 Å². The maximum atomic E-state index is 12.7. The number of hydrogen-bond acceptors (Lipinski definition) is 3. The lowest BCUT2D eigenvalue weighted by Crippen LogP contribution is -2.41. The number of carbonyl (C=O) groups is 1. The lowest BCUT2D eigenvalue weighted by Gasteiger charge is -2.18.